The van der Waals surface area contributed by atoms with E-state index in [0.717, 1.165) is 0 Å². The summed E-state index contributed by atoms with van der Waals surface area (Å²) in [6, 6.07) is 11.0. The molecule has 0 amide bonds. The first kappa shape index (κ1) is 10.1. The molecule has 0 fully saturated rings. The van der Waals surface area contributed by atoms with Crippen molar-refractivity contribution in [1.29, 1.82) is 0 Å². The second-order valence-electron chi connectivity index (χ2n) is 3.02. The molecule has 0 bridgehead atoms. The van der Waals surface area contributed by atoms with Gasteiger partial charge in [0.25, 0.3) is 0 Å². The lowest BCUT2D eigenvalue weighted by Gasteiger charge is -2.04. The second-order valence-corrected chi connectivity index (χ2v) is 3.43. The van der Waals surface area contributed by atoms with Crippen LogP contribution in [0.5, 0.6) is 0 Å². The molecule has 0 aliphatic heterocycles. The fourth-order valence-electron chi connectivity index (χ4n) is 1.37. The van der Waals surface area contributed by atoms with Gasteiger partial charge in [0.15, 0.2) is 0 Å². The normalized spacial score (nSPS) is 10.3. The van der Waals surface area contributed by atoms with Crippen molar-refractivity contribution in [2.24, 2.45) is 0 Å². The van der Waals surface area contributed by atoms with Crippen molar-refractivity contribution in [3.8, 4) is 11.1 Å². The molecule has 0 aliphatic rings. The Morgan fingerprint density at radius 2 is 1.73 bits per heavy atom. The van der Waals surface area contributed by atoms with Crippen molar-refractivity contribution < 1.29 is 8.78 Å². The summed E-state index contributed by atoms with van der Waals surface area (Å²) in [4.78, 5) is 0. The van der Waals surface area contributed by atoms with Crippen LogP contribution in [0.1, 0.15) is 0 Å². The summed E-state index contributed by atoms with van der Waals surface area (Å²) >= 11 is 5.70. The zero-order chi connectivity index (χ0) is 10.8. The summed E-state index contributed by atoms with van der Waals surface area (Å²) in [7, 11) is 0. The van der Waals surface area contributed by atoms with E-state index in [1.807, 2.05) is 0 Å². The van der Waals surface area contributed by atoms with Gasteiger partial charge in [0.2, 0.25) is 0 Å². The van der Waals surface area contributed by atoms with E-state index < -0.39 is 11.6 Å². The van der Waals surface area contributed by atoms with Crippen LogP contribution in [-0.4, -0.2) is 0 Å². The Balaban J connectivity index is 2.63. The minimum Gasteiger partial charge on any atom is -0.206 e. The fraction of sp³-hybridized carbons (Fsp3) is 0. The molecule has 0 saturated carbocycles. The topological polar surface area (TPSA) is 0 Å². The van der Waals surface area contributed by atoms with Gasteiger partial charge in [-0.1, -0.05) is 29.8 Å². The predicted molar refractivity (Wildman–Crippen MR) is 55.6 cm³/mol. The molecule has 75 valence electrons. The number of rotatable bonds is 1. The SMILES string of the molecule is Fc1cccc(F)c1-c1cc[c]c(Cl)c1. The van der Waals surface area contributed by atoms with E-state index in [9.17, 15) is 8.78 Å². The quantitative estimate of drug-likeness (QED) is 0.683. The van der Waals surface area contributed by atoms with E-state index >= 15 is 0 Å². The molecule has 0 atom stereocenters. The monoisotopic (exact) mass is 223 g/mol. The second kappa shape index (κ2) is 3.99. The molecule has 0 unspecified atom stereocenters. The maximum Gasteiger partial charge on any atom is 0.133 e. The van der Waals surface area contributed by atoms with Crippen molar-refractivity contribution in [3.63, 3.8) is 0 Å². The Labute approximate surface area is 91.1 Å². The summed E-state index contributed by atoms with van der Waals surface area (Å²) < 4.78 is 26.7. The van der Waals surface area contributed by atoms with Crippen LogP contribution in [0.4, 0.5) is 8.78 Å². The molecule has 0 spiro atoms. The third kappa shape index (κ3) is 2.00. The lowest BCUT2D eigenvalue weighted by molar-refractivity contribution is 0.589. The van der Waals surface area contributed by atoms with E-state index in [1.165, 1.54) is 30.3 Å². The highest BCUT2D eigenvalue weighted by Gasteiger charge is 2.10. The molecule has 0 aliphatic carbocycles. The Hall–Kier alpha value is -1.41. The van der Waals surface area contributed by atoms with Gasteiger partial charge in [0.1, 0.15) is 11.6 Å². The molecule has 2 aromatic carbocycles. The Morgan fingerprint density at radius 3 is 2.33 bits per heavy atom. The third-order valence-electron chi connectivity index (χ3n) is 2.02. The number of halogens is 3. The van der Waals surface area contributed by atoms with Crippen molar-refractivity contribution in [1.82, 2.24) is 0 Å². The fourth-order valence-corrected chi connectivity index (χ4v) is 1.55. The van der Waals surface area contributed by atoms with E-state index in [4.69, 9.17) is 11.6 Å². The molecular weight excluding hydrogens is 218 g/mol. The number of benzene rings is 2. The van der Waals surface area contributed by atoms with E-state index in [0.29, 0.717) is 10.6 Å². The minimum absolute atomic E-state index is 0.0617. The van der Waals surface area contributed by atoms with E-state index in [2.05, 4.69) is 6.07 Å². The highest BCUT2D eigenvalue weighted by molar-refractivity contribution is 6.30. The van der Waals surface area contributed by atoms with Crippen LogP contribution in [0.15, 0.2) is 36.4 Å². The average molecular weight is 224 g/mol. The van der Waals surface area contributed by atoms with Gasteiger partial charge in [0.05, 0.1) is 5.56 Å². The maximum absolute atomic E-state index is 13.4. The van der Waals surface area contributed by atoms with Crippen LogP contribution in [0.3, 0.4) is 0 Å². The molecular formula is C12H6ClF2. The van der Waals surface area contributed by atoms with Gasteiger partial charge < -0.3 is 0 Å². The Morgan fingerprint density at radius 1 is 1.07 bits per heavy atom. The molecule has 2 aromatic rings. The zero-order valence-electron chi connectivity index (χ0n) is 7.60. The van der Waals surface area contributed by atoms with Gasteiger partial charge in [-0.3, -0.25) is 0 Å². The largest absolute Gasteiger partial charge is 0.206 e. The molecule has 0 nitrogen and oxygen atoms in total. The maximum atomic E-state index is 13.4. The van der Waals surface area contributed by atoms with Gasteiger partial charge in [-0.05, 0) is 23.8 Å². The predicted octanol–water partition coefficient (Wildman–Crippen LogP) is 4.09. The number of hydrogen-bond donors (Lipinski definition) is 0. The van der Waals surface area contributed by atoms with Gasteiger partial charge >= 0.3 is 0 Å². The van der Waals surface area contributed by atoms with Crippen molar-refractivity contribution >= 4 is 11.6 Å². The molecule has 1 radical (unpaired) electrons. The van der Waals surface area contributed by atoms with E-state index in [1.54, 1.807) is 6.07 Å². The highest BCUT2D eigenvalue weighted by Crippen LogP contribution is 2.27. The van der Waals surface area contributed by atoms with Gasteiger partial charge in [0, 0.05) is 11.1 Å². The van der Waals surface area contributed by atoms with Crippen molar-refractivity contribution in [2.45, 2.75) is 0 Å². The molecule has 0 N–H and O–H groups in total. The lowest BCUT2D eigenvalue weighted by atomic mass is 10.0. The van der Waals surface area contributed by atoms with Crippen LogP contribution < -0.4 is 0 Å². The van der Waals surface area contributed by atoms with Gasteiger partial charge in [-0.25, -0.2) is 8.78 Å². The minimum atomic E-state index is -0.600. The third-order valence-corrected chi connectivity index (χ3v) is 2.24. The first-order valence-electron chi connectivity index (χ1n) is 4.30. The average Bonchev–Trinajstić information content (AvgIpc) is 2.17. The van der Waals surface area contributed by atoms with Crippen LogP contribution in [0.25, 0.3) is 11.1 Å². The van der Waals surface area contributed by atoms with Crippen LogP contribution >= 0.6 is 11.6 Å². The molecule has 2 rings (SSSR count). The summed E-state index contributed by atoms with van der Waals surface area (Å²) in [5.74, 6) is -1.20. The Kier molecular flexibility index (Phi) is 2.69. The van der Waals surface area contributed by atoms with Crippen LogP contribution in [0, 0.1) is 17.7 Å². The standard InChI is InChI=1S/C12H6ClF2/c13-9-4-1-3-8(7-9)12-10(14)5-2-6-11(12)15/h1-3,5-7H. The Bertz CT molecular complexity index is 474. The summed E-state index contributed by atoms with van der Waals surface area (Å²) in [5, 5.41) is 0.329. The first-order valence-corrected chi connectivity index (χ1v) is 4.68. The van der Waals surface area contributed by atoms with Crippen LogP contribution in [0.2, 0.25) is 5.02 Å². The summed E-state index contributed by atoms with van der Waals surface area (Å²) in [6.45, 7) is 0. The van der Waals surface area contributed by atoms with E-state index in [-0.39, 0.29) is 5.56 Å². The number of hydrogen-bond acceptors (Lipinski definition) is 0. The molecule has 3 heteroatoms. The summed E-state index contributed by atoms with van der Waals surface area (Å²) in [6.07, 6.45) is 0. The van der Waals surface area contributed by atoms with Gasteiger partial charge in [-0.15, -0.1) is 0 Å². The summed E-state index contributed by atoms with van der Waals surface area (Å²) in [5.41, 5.74) is 0.350. The molecule has 0 heterocycles. The smallest absolute Gasteiger partial charge is 0.133 e. The molecule has 0 saturated heterocycles. The lowest BCUT2D eigenvalue weighted by Crippen LogP contribution is -1.89. The van der Waals surface area contributed by atoms with Gasteiger partial charge in [-0.2, -0.15) is 0 Å². The zero-order valence-corrected chi connectivity index (χ0v) is 8.35. The van der Waals surface area contributed by atoms with Crippen molar-refractivity contribution in [3.05, 3.63) is 59.1 Å². The molecule has 15 heavy (non-hydrogen) atoms. The first-order chi connectivity index (χ1) is 7.18. The molecule has 0 aromatic heterocycles. The highest BCUT2D eigenvalue weighted by atomic mass is 35.5. The van der Waals surface area contributed by atoms with Crippen LogP contribution in [-0.2, 0) is 0 Å². The van der Waals surface area contributed by atoms with Crippen molar-refractivity contribution in [2.75, 3.05) is 0 Å².